The van der Waals surface area contributed by atoms with Crippen molar-refractivity contribution in [1.82, 2.24) is 4.90 Å². The summed E-state index contributed by atoms with van der Waals surface area (Å²) in [7, 11) is 1.52. The quantitative estimate of drug-likeness (QED) is 0.541. The summed E-state index contributed by atoms with van der Waals surface area (Å²) in [5.74, 6) is -0.993. The Morgan fingerprint density at radius 1 is 1.14 bits per heavy atom. The zero-order valence-corrected chi connectivity index (χ0v) is 17.3. The van der Waals surface area contributed by atoms with E-state index in [1.807, 2.05) is 25.7 Å². The van der Waals surface area contributed by atoms with E-state index in [0.29, 0.717) is 44.8 Å². The molecule has 1 amide bonds. The molecule has 0 bridgehead atoms. The number of carbonyl (C=O) groups excluding carboxylic acids is 2. The van der Waals surface area contributed by atoms with Gasteiger partial charge in [0.25, 0.3) is 0 Å². The number of ether oxygens (including phenoxy) is 3. The molecule has 0 aliphatic carbocycles. The third-order valence-electron chi connectivity index (χ3n) is 4.33. The number of aldehydes is 1. The van der Waals surface area contributed by atoms with E-state index in [9.17, 15) is 19.5 Å². The predicted molar refractivity (Wildman–Crippen MR) is 106 cm³/mol. The van der Waals surface area contributed by atoms with Crippen molar-refractivity contribution in [2.45, 2.75) is 26.4 Å². The average Bonchev–Trinajstić information content (AvgIpc) is 2.66. The van der Waals surface area contributed by atoms with Crippen LogP contribution in [0.4, 0.5) is 10.5 Å². The van der Waals surface area contributed by atoms with Crippen molar-refractivity contribution < 1.29 is 33.7 Å². The first kappa shape index (κ1) is 22.5. The van der Waals surface area contributed by atoms with Gasteiger partial charge in [-0.25, -0.2) is 9.59 Å². The van der Waals surface area contributed by atoms with Gasteiger partial charge in [0.2, 0.25) is 0 Å². The van der Waals surface area contributed by atoms with Gasteiger partial charge in [-0.3, -0.25) is 4.79 Å². The molecule has 0 radical (unpaired) electrons. The van der Waals surface area contributed by atoms with Crippen LogP contribution in [0.15, 0.2) is 12.1 Å². The number of amides is 1. The Balaban J connectivity index is 2.22. The maximum absolute atomic E-state index is 12.3. The largest absolute Gasteiger partial charge is 0.488 e. The van der Waals surface area contributed by atoms with Crippen LogP contribution < -0.4 is 9.64 Å². The SMILES string of the molecule is COCCOc1c(N2CCN(C(=O)OC(C)(C)C)CC2)ccc(C(=O)O)c1C=O. The van der Waals surface area contributed by atoms with E-state index < -0.39 is 11.6 Å². The molecule has 1 saturated heterocycles. The van der Waals surface area contributed by atoms with Crippen LogP contribution in [0.3, 0.4) is 0 Å². The second-order valence-corrected chi connectivity index (χ2v) is 7.59. The molecular weight excluding hydrogens is 380 g/mol. The Labute approximate surface area is 170 Å². The summed E-state index contributed by atoms with van der Waals surface area (Å²) in [6.45, 7) is 7.76. The number of rotatable bonds is 7. The molecule has 2 rings (SSSR count). The van der Waals surface area contributed by atoms with Crippen LogP contribution in [-0.4, -0.2) is 80.5 Å². The number of carboxylic acids is 1. The maximum atomic E-state index is 12.3. The molecule has 1 aromatic rings. The minimum absolute atomic E-state index is 0.0133. The molecule has 29 heavy (non-hydrogen) atoms. The van der Waals surface area contributed by atoms with Crippen LogP contribution in [0.1, 0.15) is 41.5 Å². The van der Waals surface area contributed by atoms with Gasteiger partial charge in [-0.05, 0) is 32.9 Å². The molecule has 0 saturated carbocycles. The zero-order valence-electron chi connectivity index (χ0n) is 17.3. The fraction of sp³-hybridized carbons (Fsp3) is 0.550. The molecule has 9 heteroatoms. The van der Waals surface area contributed by atoms with Crippen molar-refractivity contribution in [2.24, 2.45) is 0 Å². The second-order valence-electron chi connectivity index (χ2n) is 7.59. The van der Waals surface area contributed by atoms with Gasteiger partial charge < -0.3 is 29.1 Å². The van der Waals surface area contributed by atoms with Crippen LogP contribution >= 0.6 is 0 Å². The highest BCUT2D eigenvalue weighted by atomic mass is 16.6. The lowest BCUT2D eigenvalue weighted by Crippen LogP contribution is -2.50. The normalized spacial score (nSPS) is 14.5. The minimum atomic E-state index is -1.20. The highest BCUT2D eigenvalue weighted by Crippen LogP contribution is 2.34. The van der Waals surface area contributed by atoms with Gasteiger partial charge in [0.1, 0.15) is 12.2 Å². The molecule has 0 atom stereocenters. The summed E-state index contributed by atoms with van der Waals surface area (Å²) in [4.78, 5) is 38.9. The monoisotopic (exact) mass is 408 g/mol. The zero-order chi connectivity index (χ0) is 21.6. The Morgan fingerprint density at radius 2 is 1.79 bits per heavy atom. The molecule has 0 spiro atoms. The number of anilines is 1. The predicted octanol–water partition coefficient (Wildman–Crippen LogP) is 2.28. The number of benzene rings is 1. The number of aromatic carboxylic acids is 1. The van der Waals surface area contributed by atoms with Crippen LogP contribution in [0.25, 0.3) is 0 Å². The number of methoxy groups -OCH3 is 1. The highest BCUT2D eigenvalue weighted by molar-refractivity contribution is 6.00. The van der Waals surface area contributed by atoms with Crippen LogP contribution in [0.2, 0.25) is 0 Å². The topological polar surface area (TPSA) is 106 Å². The molecular formula is C20H28N2O7. The van der Waals surface area contributed by atoms with E-state index in [4.69, 9.17) is 14.2 Å². The van der Waals surface area contributed by atoms with E-state index in [-0.39, 0.29) is 29.6 Å². The van der Waals surface area contributed by atoms with Crippen molar-refractivity contribution in [3.05, 3.63) is 23.3 Å². The van der Waals surface area contributed by atoms with Gasteiger partial charge in [0, 0.05) is 33.3 Å². The Kier molecular flexibility index (Phi) is 7.44. The molecule has 1 aromatic carbocycles. The van der Waals surface area contributed by atoms with Crippen LogP contribution in [0, 0.1) is 0 Å². The first-order valence-corrected chi connectivity index (χ1v) is 9.38. The molecule has 1 heterocycles. The summed E-state index contributed by atoms with van der Waals surface area (Å²) in [6, 6.07) is 3.02. The van der Waals surface area contributed by atoms with Crippen molar-refractivity contribution in [1.29, 1.82) is 0 Å². The van der Waals surface area contributed by atoms with Crippen LogP contribution in [0.5, 0.6) is 5.75 Å². The Morgan fingerprint density at radius 3 is 2.31 bits per heavy atom. The summed E-state index contributed by atoms with van der Waals surface area (Å²) in [5, 5.41) is 9.37. The Hall–Kier alpha value is -2.81. The van der Waals surface area contributed by atoms with Gasteiger partial charge in [0.05, 0.1) is 23.4 Å². The van der Waals surface area contributed by atoms with Gasteiger partial charge in [-0.2, -0.15) is 0 Å². The van der Waals surface area contributed by atoms with E-state index >= 15 is 0 Å². The fourth-order valence-corrected chi connectivity index (χ4v) is 2.98. The van der Waals surface area contributed by atoms with Crippen molar-refractivity contribution in [3.8, 4) is 5.75 Å². The van der Waals surface area contributed by atoms with Gasteiger partial charge >= 0.3 is 12.1 Å². The third-order valence-corrected chi connectivity index (χ3v) is 4.33. The lowest BCUT2D eigenvalue weighted by Gasteiger charge is -2.37. The third kappa shape index (κ3) is 5.83. The summed E-state index contributed by atoms with van der Waals surface area (Å²) >= 11 is 0. The average molecular weight is 408 g/mol. The second kappa shape index (κ2) is 9.60. The van der Waals surface area contributed by atoms with E-state index in [1.165, 1.54) is 13.2 Å². The molecule has 0 unspecified atom stereocenters. The van der Waals surface area contributed by atoms with E-state index in [0.717, 1.165) is 0 Å². The Bertz CT molecular complexity index is 750. The van der Waals surface area contributed by atoms with E-state index in [2.05, 4.69) is 0 Å². The molecule has 9 nitrogen and oxygen atoms in total. The van der Waals surface area contributed by atoms with Gasteiger partial charge in [0.15, 0.2) is 12.0 Å². The van der Waals surface area contributed by atoms with Crippen molar-refractivity contribution >= 4 is 24.0 Å². The summed E-state index contributed by atoms with van der Waals surface area (Å²) < 4.78 is 16.1. The van der Waals surface area contributed by atoms with Crippen molar-refractivity contribution in [2.75, 3.05) is 51.4 Å². The van der Waals surface area contributed by atoms with Gasteiger partial charge in [-0.15, -0.1) is 0 Å². The van der Waals surface area contributed by atoms with E-state index in [1.54, 1.807) is 11.0 Å². The number of nitrogens with zero attached hydrogens (tertiary/aromatic N) is 2. The van der Waals surface area contributed by atoms with Gasteiger partial charge in [-0.1, -0.05) is 0 Å². The highest BCUT2D eigenvalue weighted by Gasteiger charge is 2.28. The number of piperazine rings is 1. The number of hydrogen-bond donors (Lipinski definition) is 1. The number of carbonyl (C=O) groups is 3. The first-order valence-electron chi connectivity index (χ1n) is 9.38. The van der Waals surface area contributed by atoms with Crippen LogP contribution in [-0.2, 0) is 9.47 Å². The lowest BCUT2D eigenvalue weighted by molar-refractivity contribution is 0.0240. The molecule has 160 valence electrons. The molecule has 1 N–H and O–H groups in total. The maximum Gasteiger partial charge on any atom is 0.410 e. The summed E-state index contributed by atoms with van der Waals surface area (Å²) in [6.07, 6.45) is 0.120. The lowest BCUT2D eigenvalue weighted by atomic mass is 10.0. The fourth-order valence-electron chi connectivity index (χ4n) is 2.98. The standard InChI is InChI=1S/C20H28N2O7/c1-20(2,3)29-19(26)22-9-7-21(8-10-22)16-6-5-14(18(24)25)15(13-23)17(16)28-12-11-27-4/h5-6,13H,7-12H2,1-4H3,(H,24,25). The van der Waals surface area contributed by atoms with Crippen molar-refractivity contribution in [3.63, 3.8) is 0 Å². The first-order chi connectivity index (χ1) is 13.7. The summed E-state index contributed by atoms with van der Waals surface area (Å²) in [5.41, 5.74) is -0.0940. The number of carboxylic acid groups (broad SMARTS) is 1. The molecule has 1 aliphatic rings. The smallest absolute Gasteiger partial charge is 0.410 e. The molecule has 1 aliphatic heterocycles. The molecule has 1 fully saturated rings. The number of hydrogen-bond acceptors (Lipinski definition) is 7. The molecule has 0 aromatic heterocycles. The minimum Gasteiger partial charge on any atom is -0.488 e.